The molecule has 0 atom stereocenters. The minimum atomic E-state index is -4.21. The second-order valence-corrected chi connectivity index (χ2v) is 6.05. The van der Waals surface area contributed by atoms with Crippen LogP contribution in [0.3, 0.4) is 0 Å². The molecule has 0 radical (unpaired) electrons. The highest BCUT2D eigenvalue weighted by Crippen LogP contribution is 2.27. The molecule has 0 fully saturated rings. The topological polar surface area (TPSA) is 43.4 Å². The van der Waals surface area contributed by atoms with E-state index in [9.17, 15) is 17.2 Å². The van der Waals surface area contributed by atoms with Gasteiger partial charge in [-0.05, 0) is 30.3 Å². The third-order valence-electron chi connectivity index (χ3n) is 2.28. The van der Waals surface area contributed by atoms with Crippen molar-refractivity contribution in [1.82, 2.24) is 0 Å². The first-order valence-electron chi connectivity index (χ1n) is 5.14. The smallest absolute Gasteiger partial charge is 0.339 e. The van der Waals surface area contributed by atoms with Crippen molar-refractivity contribution in [2.45, 2.75) is 4.90 Å². The summed E-state index contributed by atoms with van der Waals surface area (Å²) < 4.78 is 54.3. The maximum absolute atomic E-state index is 13.0. The average molecular weight is 339 g/mol. The second kappa shape index (κ2) is 5.55. The molecule has 0 bridgehead atoms. The van der Waals surface area contributed by atoms with Crippen molar-refractivity contribution in [3.05, 3.63) is 58.1 Å². The van der Waals surface area contributed by atoms with Crippen LogP contribution in [0.2, 0.25) is 10.0 Å². The van der Waals surface area contributed by atoms with E-state index in [1.807, 2.05) is 0 Å². The first-order chi connectivity index (χ1) is 9.29. The predicted molar refractivity (Wildman–Crippen MR) is 70.6 cm³/mol. The molecule has 0 aromatic heterocycles. The monoisotopic (exact) mass is 338 g/mol. The second-order valence-electron chi connectivity index (χ2n) is 3.69. The van der Waals surface area contributed by atoms with E-state index in [4.69, 9.17) is 23.2 Å². The number of halogens is 4. The van der Waals surface area contributed by atoms with Crippen molar-refractivity contribution >= 4 is 33.3 Å². The molecule has 0 aliphatic rings. The molecule has 0 unspecified atom stereocenters. The van der Waals surface area contributed by atoms with Gasteiger partial charge in [-0.2, -0.15) is 8.42 Å². The molecule has 0 amide bonds. The zero-order valence-electron chi connectivity index (χ0n) is 9.61. The van der Waals surface area contributed by atoms with Crippen molar-refractivity contribution in [2.75, 3.05) is 0 Å². The van der Waals surface area contributed by atoms with Crippen LogP contribution >= 0.6 is 23.2 Å². The van der Waals surface area contributed by atoms with Gasteiger partial charge in [0.2, 0.25) is 0 Å². The molecular weight excluding hydrogens is 333 g/mol. The van der Waals surface area contributed by atoms with Crippen LogP contribution in [0.25, 0.3) is 0 Å². The summed E-state index contributed by atoms with van der Waals surface area (Å²) in [5, 5.41) is 0.208. The molecule has 20 heavy (non-hydrogen) atoms. The van der Waals surface area contributed by atoms with Crippen LogP contribution in [0.5, 0.6) is 5.75 Å². The Hall–Kier alpha value is -1.37. The van der Waals surface area contributed by atoms with E-state index in [0.29, 0.717) is 6.07 Å². The van der Waals surface area contributed by atoms with Gasteiger partial charge in [-0.25, -0.2) is 8.78 Å². The van der Waals surface area contributed by atoms with Gasteiger partial charge in [0.15, 0.2) is 11.6 Å². The summed E-state index contributed by atoms with van der Waals surface area (Å²) in [4.78, 5) is -0.253. The fourth-order valence-electron chi connectivity index (χ4n) is 1.34. The van der Waals surface area contributed by atoms with Gasteiger partial charge < -0.3 is 4.18 Å². The molecule has 0 saturated carbocycles. The summed E-state index contributed by atoms with van der Waals surface area (Å²) in [5.74, 6) is -2.67. The Balaban J connectivity index is 2.35. The molecule has 0 aliphatic heterocycles. The lowest BCUT2D eigenvalue weighted by molar-refractivity contribution is 0.472. The highest BCUT2D eigenvalue weighted by molar-refractivity contribution is 7.87. The summed E-state index contributed by atoms with van der Waals surface area (Å²) in [7, 11) is -4.21. The number of benzene rings is 2. The zero-order chi connectivity index (χ0) is 14.9. The fourth-order valence-corrected chi connectivity index (χ4v) is 2.65. The van der Waals surface area contributed by atoms with Crippen LogP contribution in [0, 0.1) is 11.6 Å². The Morgan fingerprint density at radius 1 is 0.900 bits per heavy atom. The molecule has 0 aliphatic carbocycles. The molecule has 0 heterocycles. The molecule has 2 aromatic rings. The summed E-state index contributed by atoms with van der Waals surface area (Å²) in [6.45, 7) is 0. The number of rotatable bonds is 3. The van der Waals surface area contributed by atoms with Gasteiger partial charge in [0.25, 0.3) is 0 Å². The molecule has 2 rings (SSSR count). The fraction of sp³-hybridized carbons (Fsp3) is 0. The van der Waals surface area contributed by atoms with Gasteiger partial charge in [-0.3, -0.25) is 0 Å². The van der Waals surface area contributed by atoms with Gasteiger partial charge in [0, 0.05) is 6.07 Å². The molecule has 3 nitrogen and oxygen atoms in total. The largest absolute Gasteiger partial charge is 0.379 e. The Morgan fingerprint density at radius 2 is 1.60 bits per heavy atom. The van der Waals surface area contributed by atoms with E-state index in [1.54, 1.807) is 0 Å². The summed E-state index contributed by atoms with van der Waals surface area (Å²) in [6, 6.07) is 5.95. The van der Waals surface area contributed by atoms with Gasteiger partial charge in [-0.15, -0.1) is 0 Å². The Labute approximate surface area is 123 Å². The minimum absolute atomic E-state index is 0.0293. The Bertz CT molecular complexity index is 763. The maximum Gasteiger partial charge on any atom is 0.339 e. The molecule has 8 heteroatoms. The first-order valence-corrected chi connectivity index (χ1v) is 7.30. The lowest BCUT2D eigenvalue weighted by Gasteiger charge is -2.08. The van der Waals surface area contributed by atoms with Crippen LogP contribution in [0.15, 0.2) is 41.3 Å². The van der Waals surface area contributed by atoms with E-state index in [1.165, 1.54) is 12.1 Å². The van der Waals surface area contributed by atoms with Crippen molar-refractivity contribution in [3.63, 3.8) is 0 Å². The highest BCUT2D eigenvalue weighted by atomic mass is 35.5. The van der Waals surface area contributed by atoms with Crippen molar-refractivity contribution in [1.29, 1.82) is 0 Å². The van der Waals surface area contributed by atoms with Crippen molar-refractivity contribution in [3.8, 4) is 5.75 Å². The lowest BCUT2D eigenvalue weighted by Crippen LogP contribution is -2.10. The van der Waals surface area contributed by atoms with Crippen LogP contribution in [-0.2, 0) is 10.1 Å². The zero-order valence-corrected chi connectivity index (χ0v) is 11.9. The molecule has 0 spiro atoms. The Morgan fingerprint density at radius 3 is 2.20 bits per heavy atom. The number of hydrogen-bond donors (Lipinski definition) is 0. The van der Waals surface area contributed by atoms with E-state index in [0.717, 1.165) is 18.2 Å². The van der Waals surface area contributed by atoms with Crippen LogP contribution < -0.4 is 4.18 Å². The maximum atomic E-state index is 13.0. The van der Waals surface area contributed by atoms with Gasteiger partial charge in [0.1, 0.15) is 10.6 Å². The average Bonchev–Trinajstić information content (AvgIpc) is 2.37. The minimum Gasteiger partial charge on any atom is -0.379 e. The molecule has 2 aromatic carbocycles. The van der Waals surface area contributed by atoms with Crippen LogP contribution in [0.4, 0.5) is 8.78 Å². The Kier molecular flexibility index (Phi) is 4.17. The van der Waals surface area contributed by atoms with E-state index >= 15 is 0 Å². The number of hydrogen-bond acceptors (Lipinski definition) is 3. The quantitative estimate of drug-likeness (QED) is 0.793. The van der Waals surface area contributed by atoms with Gasteiger partial charge in [0.05, 0.1) is 10.0 Å². The van der Waals surface area contributed by atoms with Crippen LogP contribution in [-0.4, -0.2) is 8.42 Å². The normalized spacial score (nSPS) is 11.4. The molecule has 0 N–H and O–H groups in total. The summed E-state index contributed by atoms with van der Waals surface area (Å²) in [6.07, 6.45) is 0. The molecule has 0 saturated heterocycles. The van der Waals surface area contributed by atoms with Gasteiger partial charge >= 0.3 is 10.1 Å². The summed E-state index contributed by atoms with van der Waals surface area (Å²) >= 11 is 11.4. The predicted octanol–water partition coefficient (Wildman–Crippen LogP) is 4.04. The third kappa shape index (κ3) is 3.20. The SMILES string of the molecule is O=S(=O)(Oc1ccc(F)c(F)c1)c1ccc(Cl)c(Cl)c1. The standard InChI is InChI=1S/C12H6Cl2F2O3S/c13-9-3-2-8(6-10(9)14)20(17,18)19-7-1-4-11(15)12(16)5-7/h1-6H. The van der Waals surface area contributed by atoms with Crippen molar-refractivity contribution < 1.29 is 21.4 Å². The first kappa shape index (κ1) is 15.0. The summed E-state index contributed by atoms with van der Waals surface area (Å²) in [5.41, 5.74) is 0. The van der Waals surface area contributed by atoms with E-state index < -0.39 is 21.8 Å². The van der Waals surface area contributed by atoms with E-state index in [2.05, 4.69) is 4.18 Å². The lowest BCUT2D eigenvalue weighted by atomic mass is 10.3. The van der Waals surface area contributed by atoms with E-state index in [-0.39, 0.29) is 20.7 Å². The van der Waals surface area contributed by atoms with Gasteiger partial charge in [-0.1, -0.05) is 23.2 Å². The third-order valence-corrected chi connectivity index (χ3v) is 4.26. The molecular formula is C12H6Cl2F2O3S. The van der Waals surface area contributed by atoms with Crippen LogP contribution in [0.1, 0.15) is 0 Å². The molecule has 106 valence electrons. The highest BCUT2D eigenvalue weighted by Gasteiger charge is 2.18. The van der Waals surface area contributed by atoms with Crippen molar-refractivity contribution in [2.24, 2.45) is 0 Å².